The van der Waals surface area contributed by atoms with E-state index in [0.29, 0.717) is 0 Å². The molecule has 0 spiro atoms. The standard InChI is InChI=1S/C19H19NO3/c1-2-23-18(22)17(21)19-14-9-5-3-7-12(14)11-16(20-19)13-8-4-6-10-15(13)19/h3-10,16-17,20-21H,2,11H2,1H3/t16-,17-,19+/m0/s1. The average molecular weight is 309 g/mol. The summed E-state index contributed by atoms with van der Waals surface area (Å²) in [5.74, 6) is -0.591. The van der Waals surface area contributed by atoms with Crippen LogP contribution < -0.4 is 5.32 Å². The summed E-state index contributed by atoms with van der Waals surface area (Å²) in [6.45, 7) is 1.99. The topological polar surface area (TPSA) is 58.6 Å². The van der Waals surface area contributed by atoms with E-state index in [9.17, 15) is 9.90 Å². The first kappa shape index (κ1) is 14.4. The summed E-state index contributed by atoms with van der Waals surface area (Å²) in [6.07, 6.45) is -0.431. The largest absolute Gasteiger partial charge is 0.464 e. The van der Waals surface area contributed by atoms with Crippen LogP contribution >= 0.6 is 0 Å². The number of rotatable bonds is 3. The van der Waals surface area contributed by atoms with Crippen molar-refractivity contribution < 1.29 is 14.6 Å². The highest BCUT2D eigenvalue weighted by Crippen LogP contribution is 2.50. The third-order valence-electron chi connectivity index (χ3n) is 4.95. The minimum absolute atomic E-state index is 0.102. The van der Waals surface area contributed by atoms with E-state index in [0.717, 1.165) is 28.7 Å². The van der Waals surface area contributed by atoms with Gasteiger partial charge in [0.2, 0.25) is 0 Å². The van der Waals surface area contributed by atoms with Crippen LogP contribution in [0, 0.1) is 0 Å². The van der Waals surface area contributed by atoms with Crippen LogP contribution in [0.15, 0.2) is 48.5 Å². The Morgan fingerprint density at radius 1 is 1.26 bits per heavy atom. The molecule has 2 aliphatic rings. The average Bonchev–Trinajstić information content (AvgIpc) is 2.86. The van der Waals surface area contributed by atoms with Crippen LogP contribution in [-0.2, 0) is 21.5 Å². The van der Waals surface area contributed by atoms with Gasteiger partial charge in [0.15, 0.2) is 6.10 Å². The van der Waals surface area contributed by atoms with Gasteiger partial charge in [0.1, 0.15) is 5.54 Å². The van der Waals surface area contributed by atoms with Crippen molar-refractivity contribution in [2.24, 2.45) is 0 Å². The number of carbonyl (C=O) groups excluding carboxylic acids is 1. The second-order valence-corrected chi connectivity index (χ2v) is 6.11. The first-order valence-electron chi connectivity index (χ1n) is 7.98. The smallest absolute Gasteiger partial charge is 0.337 e. The molecule has 4 nitrogen and oxygen atoms in total. The molecule has 0 radical (unpaired) electrons. The number of carbonyl (C=O) groups is 1. The van der Waals surface area contributed by atoms with E-state index in [2.05, 4.69) is 17.4 Å². The fraction of sp³-hybridized carbons (Fsp3) is 0.316. The van der Waals surface area contributed by atoms with E-state index in [1.54, 1.807) is 6.92 Å². The van der Waals surface area contributed by atoms with Gasteiger partial charge in [-0.2, -0.15) is 0 Å². The lowest BCUT2D eigenvalue weighted by atomic mass is 9.76. The zero-order valence-electron chi connectivity index (χ0n) is 13.0. The van der Waals surface area contributed by atoms with Crippen molar-refractivity contribution in [2.75, 3.05) is 6.61 Å². The third kappa shape index (κ3) is 1.89. The molecule has 2 aromatic rings. The Morgan fingerprint density at radius 2 is 1.96 bits per heavy atom. The summed E-state index contributed by atoms with van der Waals surface area (Å²) in [6, 6.07) is 16.1. The van der Waals surface area contributed by atoms with Crippen LogP contribution in [-0.4, -0.2) is 23.8 Å². The van der Waals surface area contributed by atoms with E-state index in [4.69, 9.17) is 4.74 Å². The van der Waals surface area contributed by atoms with Crippen molar-refractivity contribution in [3.8, 4) is 0 Å². The number of aliphatic hydroxyl groups is 1. The predicted molar refractivity (Wildman–Crippen MR) is 85.9 cm³/mol. The molecule has 4 rings (SSSR count). The molecule has 118 valence electrons. The second kappa shape index (κ2) is 5.18. The Hall–Kier alpha value is -2.17. The summed E-state index contributed by atoms with van der Waals surface area (Å²) >= 11 is 0. The van der Waals surface area contributed by atoms with Gasteiger partial charge in [-0.3, -0.25) is 5.32 Å². The molecule has 0 saturated heterocycles. The van der Waals surface area contributed by atoms with Crippen LogP contribution in [0.25, 0.3) is 0 Å². The Kier molecular flexibility index (Phi) is 3.25. The normalized spacial score (nSPS) is 25.4. The Bertz CT molecular complexity index is 760. The van der Waals surface area contributed by atoms with Crippen LogP contribution in [0.5, 0.6) is 0 Å². The Morgan fingerprint density at radius 3 is 2.74 bits per heavy atom. The van der Waals surface area contributed by atoms with E-state index >= 15 is 0 Å². The summed E-state index contributed by atoms with van der Waals surface area (Å²) in [5.41, 5.74) is 3.31. The molecule has 0 unspecified atom stereocenters. The molecular formula is C19H19NO3. The molecule has 0 amide bonds. The van der Waals surface area contributed by atoms with Gasteiger partial charge in [0.05, 0.1) is 6.61 Å². The van der Waals surface area contributed by atoms with Crippen molar-refractivity contribution in [3.63, 3.8) is 0 Å². The van der Waals surface area contributed by atoms with Gasteiger partial charge in [0.25, 0.3) is 0 Å². The maximum atomic E-state index is 12.3. The molecule has 2 heterocycles. The number of fused-ring (bicyclic) bond motifs is 7. The van der Waals surface area contributed by atoms with E-state index in [1.807, 2.05) is 36.4 Å². The van der Waals surface area contributed by atoms with Gasteiger partial charge < -0.3 is 9.84 Å². The quantitative estimate of drug-likeness (QED) is 0.852. The first-order chi connectivity index (χ1) is 11.2. The van der Waals surface area contributed by atoms with Gasteiger partial charge in [-0.25, -0.2) is 4.79 Å². The predicted octanol–water partition coefficient (Wildman–Crippen LogP) is 2.05. The third-order valence-corrected chi connectivity index (χ3v) is 4.95. The number of hydrogen-bond donors (Lipinski definition) is 2. The molecule has 0 saturated carbocycles. The highest BCUT2D eigenvalue weighted by Gasteiger charge is 2.55. The lowest BCUT2D eigenvalue weighted by Gasteiger charge is -2.40. The lowest BCUT2D eigenvalue weighted by molar-refractivity contribution is -0.157. The molecule has 2 aromatic carbocycles. The summed E-state index contributed by atoms with van der Waals surface area (Å²) in [7, 11) is 0. The van der Waals surface area contributed by atoms with Crippen LogP contribution in [0.4, 0.5) is 0 Å². The maximum Gasteiger partial charge on any atom is 0.337 e. The maximum absolute atomic E-state index is 12.3. The van der Waals surface area contributed by atoms with Crippen LogP contribution in [0.2, 0.25) is 0 Å². The molecule has 4 heteroatoms. The zero-order valence-corrected chi connectivity index (χ0v) is 13.0. The Balaban J connectivity index is 1.95. The van der Waals surface area contributed by atoms with E-state index < -0.39 is 17.6 Å². The molecule has 2 bridgehead atoms. The van der Waals surface area contributed by atoms with Gasteiger partial charge in [-0.1, -0.05) is 48.5 Å². The van der Waals surface area contributed by atoms with E-state index in [1.165, 1.54) is 0 Å². The van der Waals surface area contributed by atoms with Crippen molar-refractivity contribution >= 4 is 5.97 Å². The molecule has 0 aliphatic carbocycles. The molecule has 0 fully saturated rings. The number of esters is 1. The van der Waals surface area contributed by atoms with E-state index in [-0.39, 0.29) is 12.6 Å². The molecule has 23 heavy (non-hydrogen) atoms. The lowest BCUT2D eigenvalue weighted by Crippen LogP contribution is -2.55. The summed E-state index contributed by atoms with van der Waals surface area (Å²) in [4.78, 5) is 12.3. The van der Waals surface area contributed by atoms with Crippen molar-refractivity contribution in [3.05, 3.63) is 70.8 Å². The van der Waals surface area contributed by atoms with Gasteiger partial charge in [-0.15, -0.1) is 0 Å². The van der Waals surface area contributed by atoms with Gasteiger partial charge in [0, 0.05) is 6.04 Å². The molecule has 2 N–H and O–H groups in total. The number of ether oxygens (including phenoxy) is 1. The minimum atomic E-state index is -1.28. The van der Waals surface area contributed by atoms with Crippen LogP contribution in [0.3, 0.4) is 0 Å². The highest BCUT2D eigenvalue weighted by molar-refractivity contribution is 5.79. The summed E-state index contributed by atoms with van der Waals surface area (Å²) < 4.78 is 5.10. The monoisotopic (exact) mass is 309 g/mol. The SMILES string of the molecule is CCOC(=O)[C@H](O)[C@@]12N[C@@H](Cc3ccccc31)c1ccccc12. The molecular weight excluding hydrogens is 290 g/mol. The first-order valence-corrected chi connectivity index (χ1v) is 7.98. The minimum Gasteiger partial charge on any atom is -0.464 e. The number of aliphatic hydroxyl groups excluding tert-OH is 1. The van der Waals surface area contributed by atoms with Gasteiger partial charge in [-0.05, 0) is 35.6 Å². The van der Waals surface area contributed by atoms with Crippen LogP contribution in [0.1, 0.15) is 35.2 Å². The number of nitrogens with one attached hydrogen (secondary N) is 1. The van der Waals surface area contributed by atoms with Crippen molar-refractivity contribution in [2.45, 2.75) is 31.0 Å². The Labute approximate surface area is 135 Å². The van der Waals surface area contributed by atoms with Crippen molar-refractivity contribution in [1.82, 2.24) is 5.32 Å². The second-order valence-electron chi connectivity index (χ2n) is 6.11. The fourth-order valence-corrected chi connectivity index (χ4v) is 4.05. The number of benzene rings is 2. The number of hydrogen-bond acceptors (Lipinski definition) is 4. The highest BCUT2D eigenvalue weighted by atomic mass is 16.5. The molecule has 3 atom stereocenters. The molecule has 2 aliphatic heterocycles. The fourth-order valence-electron chi connectivity index (χ4n) is 4.05. The van der Waals surface area contributed by atoms with Crippen molar-refractivity contribution in [1.29, 1.82) is 0 Å². The zero-order chi connectivity index (χ0) is 16.0. The molecule has 0 aromatic heterocycles. The summed E-state index contributed by atoms with van der Waals surface area (Å²) in [5, 5.41) is 14.4. The van der Waals surface area contributed by atoms with Gasteiger partial charge >= 0.3 is 5.97 Å².